The Hall–Kier alpha value is -2.00. The number of benzene rings is 1. The van der Waals surface area contributed by atoms with Crippen LogP contribution in [0.3, 0.4) is 0 Å². The molecule has 0 bridgehead atoms. The van der Waals surface area contributed by atoms with Crippen molar-refractivity contribution in [2.45, 2.75) is 25.3 Å². The molecular weight excluding hydrogens is 280 g/mol. The fraction of sp³-hybridized carbons (Fsp3) is 0.364. The molecule has 9 heteroatoms. The molecule has 0 aliphatic rings. The molecule has 0 saturated carbocycles. The Morgan fingerprint density at radius 3 is 2.40 bits per heavy atom. The van der Waals surface area contributed by atoms with Gasteiger partial charge in [-0.05, 0) is 37.1 Å². The van der Waals surface area contributed by atoms with Crippen LogP contribution in [0.4, 0.5) is 5.69 Å². The average molecular weight is 296 g/mol. The third-order valence-corrected chi connectivity index (χ3v) is 4.53. The summed E-state index contributed by atoms with van der Waals surface area (Å²) in [7, 11) is -1.83. The molecule has 0 aliphatic heterocycles. The first-order valence-electron chi connectivity index (χ1n) is 5.95. The first-order valence-corrected chi connectivity index (χ1v) is 7.43. The second-order valence-corrected chi connectivity index (χ2v) is 6.05. The predicted octanol–water partition coefficient (Wildman–Crippen LogP) is 0.337. The van der Waals surface area contributed by atoms with Crippen molar-refractivity contribution >= 4 is 15.7 Å². The lowest BCUT2D eigenvalue weighted by Gasteiger charge is -2.13. The van der Waals surface area contributed by atoms with Gasteiger partial charge in [-0.2, -0.15) is 5.21 Å². The zero-order valence-electron chi connectivity index (χ0n) is 11.4. The van der Waals surface area contributed by atoms with Crippen molar-refractivity contribution in [3.63, 3.8) is 0 Å². The van der Waals surface area contributed by atoms with Crippen LogP contribution >= 0.6 is 0 Å². The van der Waals surface area contributed by atoms with Crippen LogP contribution in [0.15, 0.2) is 17.0 Å². The first-order chi connectivity index (χ1) is 9.44. The number of aromatic nitrogens is 4. The van der Waals surface area contributed by atoms with E-state index in [1.807, 2.05) is 0 Å². The number of tetrazole rings is 1. The number of nitrogens with zero attached hydrogens (tertiary/aromatic N) is 3. The highest BCUT2D eigenvalue weighted by Crippen LogP contribution is 2.24. The lowest BCUT2D eigenvalue weighted by Crippen LogP contribution is -2.25. The second-order valence-electron chi connectivity index (χ2n) is 4.34. The number of aromatic amines is 1. The Balaban J connectivity index is 2.29. The number of hydrogen-bond donors (Lipinski definition) is 3. The van der Waals surface area contributed by atoms with Gasteiger partial charge in [0.25, 0.3) is 0 Å². The predicted molar refractivity (Wildman–Crippen MR) is 73.7 cm³/mol. The van der Waals surface area contributed by atoms with Crippen LogP contribution in [0.25, 0.3) is 0 Å². The van der Waals surface area contributed by atoms with Crippen LogP contribution in [0.2, 0.25) is 0 Å². The number of hydrogen-bond acceptors (Lipinski definition) is 6. The van der Waals surface area contributed by atoms with Crippen LogP contribution in [0.5, 0.6) is 0 Å². The molecule has 108 valence electrons. The Kier molecular flexibility index (Phi) is 4.00. The van der Waals surface area contributed by atoms with Gasteiger partial charge in [0.1, 0.15) is 0 Å². The summed E-state index contributed by atoms with van der Waals surface area (Å²) < 4.78 is 27.2. The van der Waals surface area contributed by atoms with Gasteiger partial charge in [0, 0.05) is 12.7 Å². The summed E-state index contributed by atoms with van der Waals surface area (Å²) in [6.07, 6.45) is 0. The van der Waals surface area contributed by atoms with E-state index in [9.17, 15) is 8.42 Å². The molecule has 1 aromatic heterocycles. The summed E-state index contributed by atoms with van der Waals surface area (Å²) in [4.78, 5) is 0.278. The zero-order chi connectivity index (χ0) is 14.8. The standard InChI is InChI=1S/C11H16N6O2S/c1-7-4-9(12-3)5-8(2)11(7)20(18,19)13-6-10-14-16-17-15-10/h4-5,12-13H,6H2,1-3H3,(H,14,15,16,17). The lowest BCUT2D eigenvalue weighted by molar-refractivity contribution is 0.578. The average Bonchev–Trinajstić information content (AvgIpc) is 2.88. The van der Waals surface area contributed by atoms with Gasteiger partial charge in [0.05, 0.1) is 11.4 Å². The van der Waals surface area contributed by atoms with Crippen molar-refractivity contribution in [3.05, 3.63) is 29.1 Å². The third-order valence-electron chi connectivity index (χ3n) is 2.83. The molecule has 0 amide bonds. The summed E-state index contributed by atoms with van der Waals surface area (Å²) in [5.74, 6) is 0.288. The minimum absolute atomic E-state index is 0.00844. The van der Waals surface area contributed by atoms with Gasteiger partial charge in [-0.25, -0.2) is 13.1 Å². The van der Waals surface area contributed by atoms with E-state index in [1.165, 1.54) is 0 Å². The molecule has 1 heterocycles. The second kappa shape index (κ2) is 5.55. The van der Waals surface area contributed by atoms with E-state index in [1.54, 1.807) is 33.0 Å². The Labute approximate surface area is 117 Å². The van der Waals surface area contributed by atoms with Crippen molar-refractivity contribution in [2.75, 3.05) is 12.4 Å². The third kappa shape index (κ3) is 2.94. The summed E-state index contributed by atoms with van der Waals surface area (Å²) in [5.41, 5.74) is 2.22. The number of sulfonamides is 1. The van der Waals surface area contributed by atoms with Gasteiger partial charge in [0.15, 0.2) is 5.82 Å². The molecule has 0 saturated heterocycles. The molecule has 0 atom stereocenters. The van der Waals surface area contributed by atoms with E-state index in [0.29, 0.717) is 11.1 Å². The highest BCUT2D eigenvalue weighted by Gasteiger charge is 2.20. The molecule has 3 N–H and O–H groups in total. The van der Waals surface area contributed by atoms with Crippen molar-refractivity contribution < 1.29 is 8.42 Å². The molecule has 0 unspecified atom stereocenters. The van der Waals surface area contributed by atoms with E-state index in [2.05, 4.69) is 30.7 Å². The maximum Gasteiger partial charge on any atom is 0.241 e. The summed E-state index contributed by atoms with van der Waals surface area (Å²) in [5, 5.41) is 16.0. The minimum atomic E-state index is -3.62. The molecule has 1 aromatic carbocycles. The topological polar surface area (TPSA) is 113 Å². The lowest BCUT2D eigenvalue weighted by atomic mass is 10.1. The molecule has 0 spiro atoms. The molecular formula is C11H16N6O2S. The Morgan fingerprint density at radius 2 is 1.90 bits per heavy atom. The number of rotatable bonds is 5. The molecule has 2 rings (SSSR count). The van der Waals surface area contributed by atoms with Gasteiger partial charge in [0.2, 0.25) is 10.0 Å². The molecule has 20 heavy (non-hydrogen) atoms. The van der Waals surface area contributed by atoms with Crippen LogP contribution in [-0.4, -0.2) is 36.1 Å². The Morgan fingerprint density at radius 1 is 1.25 bits per heavy atom. The van der Waals surface area contributed by atoms with Gasteiger partial charge < -0.3 is 5.32 Å². The minimum Gasteiger partial charge on any atom is -0.388 e. The summed E-state index contributed by atoms with van der Waals surface area (Å²) >= 11 is 0. The zero-order valence-corrected chi connectivity index (χ0v) is 12.2. The maximum absolute atomic E-state index is 12.4. The maximum atomic E-state index is 12.4. The molecule has 0 aliphatic carbocycles. The molecule has 2 aromatic rings. The van der Waals surface area contributed by atoms with Gasteiger partial charge in [-0.1, -0.05) is 5.21 Å². The van der Waals surface area contributed by atoms with E-state index in [-0.39, 0.29) is 17.3 Å². The molecule has 0 fully saturated rings. The van der Waals surface area contributed by atoms with Crippen molar-refractivity contribution in [1.82, 2.24) is 25.3 Å². The van der Waals surface area contributed by atoms with Crippen LogP contribution in [-0.2, 0) is 16.6 Å². The summed E-state index contributed by atoms with van der Waals surface area (Å²) in [6, 6.07) is 3.58. The number of nitrogens with one attached hydrogen (secondary N) is 3. The largest absolute Gasteiger partial charge is 0.388 e. The fourth-order valence-corrected chi connectivity index (χ4v) is 3.44. The monoisotopic (exact) mass is 296 g/mol. The van der Waals surface area contributed by atoms with Gasteiger partial charge in [-0.15, -0.1) is 10.2 Å². The number of H-pyrrole nitrogens is 1. The van der Waals surface area contributed by atoms with E-state index in [4.69, 9.17) is 0 Å². The number of anilines is 1. The quantitative estimate of drug-likeness (QED) is 0.733. The highest BCUT2D eigenvalue weighted by atomic mass is 32.2. The highest BCUT2D eigenvalue weighted by molar-refractivity contribution is 7.89. The summed E-state index contributed by atoms with van der Waals surface area (Å²) in [6.45, 7) is 3.51. The van der Waals surface area contributed by atoms with E-state index in [0.717, 1.165) is 5.69 Å². The molecule has 8 nitrogen and oxygen atoms in total. The van der Waals surface area contributed by atoms with Crippen molar-refractivity contribution in [3.8, 4) is 0 Å². The van der Waals surface area contributed by atoms with Crippen LogP contribution < -0.4 is 10.0 Å². The van der Waals surface area contributed by atoms with E-state index < -0.39 is 10.0 Å². The number of aryl methyl sites for hydroxylation is 2. The first kappa shape index (κ1) is 14.4. The molecule has 0 radical (unpaired) electrons. The van der Waals surface area contributed by atoms with Gasteiger partial charge in [-0.3, -0.25) is 0 Å². The van der Waals surface area contributed by atoms with Crippen LogP contribution in [0.1, 0.15) is 17.0 Å². The SMILES string of the molecule is CNc1cc(C)c(S(=O)(=O)NCc2nn[nH]n2)c(C)c1. The fourth-order valence-electron chi connectivity index (χ4n) is 2.01. The smallest absolute Gasteiger partial charge is 0.241 e. The van der Waals surface area contributed by atoms with Crippen LogP contribution in [0, 0.1) is 13.8 Å². The van der Waals surface area contributed by atoms with Crippen molar-refractivity contribution in [1.29, 1.82) is 0 Å². The Bertz CT molecular complexity index is 673. The van der Waals surface area contributed by atoms with Crippen molar-refractivity contribution in [2.24, 2.45) is 0 Å². The van der Waals surface area contributed by atoms with E-state index >= 15 is 0 Å². The van der Waals surface area contributed by atoms with Gasteiger partial charge >= 0.3 is 0 Å². The normalized spacial score (nSPS) is 11.6.